The van der Waals surface area contributed by atoms with Crippen molar-refractivity contribution in [2.24, 2.45) is 4.99 Å². The molecule has 3 rings (SSSR count). The first kappa shape index (κ1) is 19.4. The van der Waals surface area contributed by atoms with E-state index in [1.165, 1.54) is 6.42 Å². The van der Waals surface area contributed by atoms with E-state index in [1.54, 1.807) is 7.05 Å². The molecule has 2 aliphatic rings. The lowest BCUT2D eigenvalue weighted by Gasteiger charge is -2.22. The van der Waals surface area contributed by atoms with Crippen molar-refractivity contribution in [2.75, 3.05) is 13.7 Å². The van der Waals surface area contributed by atoms with Crippen molar-refractivity contribution in [3.63, 3.8) is 0 Å². The molecule has 2 aliphatic heterocycles. The highest BCUT2D eigenvalue weighted by Gasteiger charge is 2.41. The monoisotopic (exact) mass is 451 g/mol. The molecule has 1 aromatic rings. The van der Waals surface area contributed by atoms with Gasteiger partial charge in [0, 0.05) is 13.7 Å². The molecule has 0 aliphatic carbocycles. The highest BCUT2D eigenvalue weighted by atomic mass is 127. The summed E-state index contributed by atoms with van der Waals surface area (Å²) in [6, 6.07) is 0.330. The van der Waals surface area contributed by atoms with Crippen molar-refractivity contribution >= 4 is 29.9 Å². The molecule has 3 heterocycles. The average Bonchev–Trinajstić information content (AvgIpc) is 3.27. The zero-order chi connectivity index (χ0) is 16.2. The molecular weight excluding hydrogens is 425 g/mol. The van der Waals surface area contributed by atoms with Crippen LogP contribution >= 0.6 is 24.0 Å². The number of aliphatic imine (C=N–C) groups is 1. The van der Waals surface area contributed by atoms with Crippen LogP contribution in [0.4, 0.5) is 0 Å². The van der Waals surface area contributed by atoms with Gasteiger partial charge in [0.2, 0.25) is 5.89 Å². The Bertz CT molecular complexity index is 553. The summed E-state index contributed by atoms with van der Waals surface area (Å²) in [6.07, 6.45) is 3.90. The zero-order valence-corrected chi connectivity index (χ0v) is 16.6. The van der Waals surface area contributed by atoms with Gasteiger partial charge in [-0.05, 0) is 33.1 Å². The van der Waals surface area contributed by atoms with Crippen LogP contribution in [0.25, 0.3) is 0 Å². The van der Waals surface area contributed by atoms with Gasteiger partial charge in [-0.3, -0.25) is 4.99 Å². The first-order valence-electron chi connectivity index (χ1n) is 8.26. The van der Waals surface area contributed by atoms with Gasteiger partial charge in [-0.25, -0.2) is 0 Å². The third-order valence-corrected chi connectivity index (χ3v) is 4.32. The summed E-state index contributed by atoms with van der Waals surface area (Å²) >= 11 is 0. The number of guanidine groups is 1. The van der Waals surface area contributed by atoms with Crippen molar-refractivity contribution in [1.29, 1.82) is 0 Å². The third-order valence-electron chi connectivity index (χ3n) is 4.32. The molecule has 8 nitrogen and oxygen atoms in total. The van der Waals surface area contributed by atoms with Crippen molar-refractivity contribution in [2.45, 2.75) is 64.0 Å². The van der Waals surface area contributed by atoms with E-state index in [4.69, 9.17) is 14.0 Å². The van der Waals surface area contributed by atoms with Gasteiger partial charge in [-0.1, -0.05) is 5.16 Å². The first-order valence-corrected chi connectivity index (χ1v) is 8.26. The number of nitrogens with one attached hydrogen (secondary N) is 2. The summed E-state index contributed by atoms with van der Waals surface area (Å²) in [5, 5.41) is 10.6. The van der Waals surface area contributed by atoms with Crippen LogP contribution in [0, 0.1) is 0 Å². The van der Waals surface area contributed by atoms with Gasteiger partial charge in [0.15, 0.2) is 11.8 Å². The summed E-state index contributed by atoms with van der Waals surface area (Å²) in [6.45, 7) is 4.88. The molecule has 2 fully saturated rings. The lowest BCUT2D eigenvalue weighted by Crippen LogP contribution is -2.47. The standard InChI is InChI=1S/C15H25N5O3.HI/c1-4-21-9(2)14-19-13(23-20-14)8-17-15(16-3)18-11-7-10-5-6-12(11)22-10;/h9-12H,4-8H2,1-3H3,(H2,16,17,18);1H. The van der Waals surface area contributed by atoms with Gasteiger partial charge < -0.3 is 24.6 Å². The Balaban J connectivity index is 0.00000208. The van der Waals surface area contributed by atoms with Crippen LogP contribution in [0.2, 0.25) is 0 Å². The molecule has 0 amide bonds. The van der Waals surface area contributed by atoms with Crippen LogP contribution in [0.5, 0.6) is 0 Å². The molecule has 2 bridgehead atoms. The topological polar surface area (TPSA) is 93.8 Å². The van der Waals surface area contributed by atoms with E-state index in [-0.39, 0.29) is 30.1 Å². The number of fused-ring (bicyclic) bond motifs is 2. The second-order valence-corrected chi connectivity index (χ2v) is 5.93. The summed E-state index contributed by atoms with van der Waals surface area (Å²) in [4.78, 5) is 8.58. The molecule has 9 heteroatoms. The van der Waals surface area contributed by atoms with Gasteiger partial charge in [-0.15, -0.1) is 24.0 Å². The van der Waals surface area contributed by atoms with Crippen LogP contribution < -0.4 is 10.6 Å². The van der Waals surface area contributed by atoms with Crippen molar-refractivity contribution in [3.05, 3.63) is 11.7 Å². The predicted molar refractivity (Wildman–Crippen MR) is 99.4 cm³/mol. The molecular formula is C15H26IN5O3. The number of hydrogen-bond donors (Lipinski definition) is 2. The Morgan fingerprint density at radius 1 is 1.46 bits per heavy atom. The largest absolute Gasteiger partial charge is 0.373 e. The van der Waals surface area contributed by atoms with E-state index in [0.717, 1.165) is 18.8 Å². The minimum Gasteiger partial charge on any atom is -0.373 e. The number of hydrogen-bond acceptors (Lipinski definition) is 6. The Hall–Kier alpha value is -0.940. The SMILES string of the molecule is CCOC(C)c1noc(CNC(=NC)NC2CC3CCC2O3)n1.I. The molecule has 4 unspecified atom stereocenters. The number of nitrogens with zero attached hydrogens (tertiary/aromatic N) is 3. The smallest absolute Gasteiger partial charge is 0.246 e. The molecule has 4 atom stereocenters. The summed E-state index contributed by atoms with van der Waals surface area (Å²) < 4.78 is 16.5. The predicted octanol–water partition coefficient (Wildman–Crippen LogP) is 1.77. The molecule has 2 N–H and O–H groups in total. The van der Waals surface area contributed by atoms with E-state index < -0.39 is 0 Å². The van der Waals surface area contributed by atoms with Crippen molar-refractivity contribution < 1.29 is 14.0 Å². The molecule has 0 aromatic carbocycles. The lowest BCUT2D eigenvalue weighted by molar-refractivity contribution is 0.0683. The Morgan fingerprint density at radius 2 is 2.29 bits per heavy atom. The summed E-state index contributed by atoms with van der Waals surface area (Å²) in [5.74, 6) is 1.80. The fourth-order valence-electron chi connectivity index (χ4n) is 3.15. The maximum absolute atomic E-state index is 5.85. The highest BCUT2D eigenvalue weighted by molar-refractivity contribution is 14.0. The minimum absolute atomic E-state index is 0. The third kappa shape index (κ3) is 4.57. The average molecular weight is 451 g/mol. The van der Waals surface area contributed by atoms with E-state index in [9.17, 15) is 0 Å². The van der Waals surface area contributed by atoms with Crippen LogP contribution in [0.3, 0.4) is 0 Å². The molecule has 1 aromatic heterocycles. The second kappa shape index (κ2) is 8.95. The quantitative estimate of drug-likeness (QED) is 0.387. The number of rotatable bonds is 6. The van der Waals surface area contributed by atoms with Gasteiger partial charge in [0.1, 0.15) is 6.10 Å². The van der Waals surface area contributed by atoms with Crippen LogP contribution in [-0.4, -0.2) is 48.0 Å². The molecule has 0 radical (unpaired) electrons. The van der Waals surface area contributed by atoms with Gasteiger partial charge >= 0.3 is 0 Å². The number of ether oxygens (including phenoxy) is 2. The zero-order valence-electron chi connectivity index (χ0n) is 14.3. The lowest BCUT2D eigenvalue weighted by atomic mass is 9.96. The minimum atomic E-state index is -0.166. The molecule has 0 saturated carbocycles. The van der Waals surface area contributed by atoms with E-state index >= 15 is 0 Å². The van der Waals surface area contributed by atoms with Crippen molar-refractivity contribution in [3.8, 4) is 0 Å². The normalized spacial score (nSPS) is 27.0. The molecule has 136 valence electrons. The number of aromatic nitrogens is 2. The first-order chi connectivity index (χ1) is 11.2. The van der Waals surface area contributed by atoms with Crippen LogP contribution in [0.1, 0.15) is 50.9 Å². The van der Waals surface area contributed by atoms with E-state index in [0.29, 0.717) is 43.1 Å². The van der Waals surface area contributed by atoms with Gasteiger partial charge in [0.25, 0.3) is 0 Å². The van der Waals surface area contributed by atoms with E-state index in [2.05, 4.69) is 25.8 Å². The fraction of sp³-hybridized carbons (Fsp3) is 0.800. The summed E-state index contributed by atoms with van der Waals surface area (Å²) in [7, 11) is 1.75. The van der Waals surface area contributed by atoms with Crippen LogP contribution in [-0.2, 0) is 16.0 Å². The number of halogens is 1. The van der Waals surface area contributed by atoms with Crippen molar-refractivity contribution in [1.82, 2.24) is 20.8 Å². The van der Waals surface area contributed by atoms with Gasteiger partial charge in [0.05, 0.1) is 24.8 Å². The van der Waals surface area contributed by atoms with Gasteiger partial charge in [-0.2, -0.15) is 4.98 Å². The fourth-order valence-corrected chi connectivity index (χ4v) is 3.15. The molecule has 2 saturated heterocycles. The Morgan fingerprint density at radius 3 is 2.92 bits per heavy atom. The highest BCUT2D eigenvalue weighted by Crippen LogP contribution is 2.34. The second-order valence-electron chi connectivity index (χ2n) is 5.93. The molecule has 24 heavy (non-hydrogen) atoms. The summed E-state index contributed by atoms with van der Waals surface area (Å²) in [5.41, 5.74) is 0. The Kier molecular flexibility index (Phi) is 7.23. The maximum atomic E-state index is 5.85. The maximum Gasteiger partial charge on any atom is 0.246 e. The molecule has 0 spiro atoms. The van der Waals surface area contributed by atoms with E-state index in [1.807, 2.05) is 13.8 Å². The van der Waals surface area contributed by atoms with Crippen LogP contribution in [0.15, 0.2) is 9.52 Å². The Labute approximate surface area is 159 Å².